The first-order valence-corrected chi connectivity index (χ1v) is 9.10. The molecular weight excluding hydrogens is 316 g/mol. The average molecular weight is 355 g/mol. The summed E-state index contributed by atoms with van der Waals surface area (Å²) in [7, 11) is 0. The van der Waals surface area contributed by atoms with Crippen molar-refractivity contribution >= 4 is 19.3 Å². The van der Waals surface area contributed by atoms with Crippen LogP contribution in [-0.2, 0) is 4.79 Å². The summed E-state index contributed by atoms with van der Waals surface area (Å²) in [4.78, 5) is 12.7. The van der Waals surface area contributed by atoms with Gasteiger partial charge in [-0.05, 0) is 33.2 Å². The van der Waals surface area contributed by atoms with Gasteiger partial charge in [-0.15, -0.1) is 6.58 Å². The highest BCUT2D eigenvalue weighted by Gasteiger charge is 2.35. The number of carbonyl (C=O) groups is 1. The zero-order valence-electron chi connectivity index (χ0n) is 16.3. The summed E-state index contributed by atoms with van der Waals surface area (Å²) in [6, 6.07) is -0.344. The molecule has 0 saturated heterocycles. The molecule has 4 unspecified atom stereocenters. The van der Waals surface area contributed by atoms with Crippen molar-refractivity contribution in [2.75, 3.05) is 13.1 Å². The Kier molecular flexibility index (Phi) is 11.4. The Bertz CT molecular complexity index is 474. The van der Waals surface area contributed by atoms with E-state index in [-0.39, 0.29) is 24.0 Å². The third-order valence-electron chi connectivity index (χ3n) is 4.47. The van der Waals surface area contributed by atoms with E-state index in [1.165, 1.54) is 4.58 Å². The van der Waals surface area contributed by atoms with Gasteiger partial charge in [0.05, 0.1) is 5.92 Å². The van der Waals surface area contributed by atoms with Crippen LogP contribution in [0.5, 0.6) is 0 Å². The van der Waals surface area contributed by atoms with Gasteiger partial charge in [-0.3, -0.25) is 5.73 Å². The van der Waals surface area contributed by atoms with E-state index in [1.807, 2.05) is 20.8 Å². The quantitative estimate of drug-likeness (QED) is 0.200. The molecule has 1 amide bonds. The molecule has 6 heteroatoms. The molecule has 0 spiro atoms. The second-order valence-electron chi connectivity index (χ2n) is 7.13. The van der Waals surface area contributed by atoms with Gasteiger partial charge in [0.2, 0.25) is 6.17 Å². The predicted molar refractivity (Wildman–Crippen MR) is 104 cm³/mol. The molecule has 0 aliphatic heterocycles. The lowest BCUT2D eigenvalue weighted by atomic mass is 9.97. The smallest absolute Gasteiger partial charge is 0.386 e. The fourth-order valence-corrected chi connectivity index (χ4v) is 2.75. The van der Waals surface area contributed by atoms with Gasteiger partial charge in [-0.1, -0.05) is 5.57 Å². The fraction of sp³-hybridized carbons (Fsp3) is 0.737. The Morgan fingerprint density at radius 1 is 1.20 bits per heavy atom. The Labute approximate surface area is 152 Å². The Morgan fingerprint density at radius 2 is 1.80 bits per heavy atom. The molecule has 25 heavy (non-hydrogen) atoms. The van der Waals surface area contributed by atoms with Crippen molar-refractivity contribution in [3.63, 3.8) is 0 Å². The molecular formula is C19H38N4O2+2. The number of hydrogen-bond acceptors (Lipinski definition) is 4. The van der Waals surface area contributed by atoms with Crippen molar-refractivity contribution in [3.05, 3.63) is 12.2 Å². The van der Waals surface area contributed by atoms with E-state index < -0.39 is 6.10 Å². The molecule has 0 aliphatic carbocycles. The summed E-state index contributed by atoms with van der Waals surface area (Å²) >= 11 is 0. The highest BCUT2D eigenvalue weighted by Crippen LogP contribution is 2.17. The molecule has 144 valence electrons. The Balaban J connectivity index is 4.76. The van der Waals surface area contributed by atoms with Crippen molar-refractivity contribution in [2.24, 2.45) is 17.4 Å². The molecule has 0 aromatic heterocycles. The molecule has 0 aliphatic rings. The zero-order valence-corrected chi connectivity index (χ0v) is 16.3. The molecule has 0 fully saturated rings. The van der Waals surface area contributed by atoms with Gasteiger partial charge >= 0.3 is 5.91 Å². The highest BCUT2D eigenvalue weighted by atomic mass is 16.3. The molecule has 0 aromatic carbocycles. The van der Waals surface area contributed by atoms with Crippen LogP contribution in [0.15, 0.2) is 12.2 Å². The maximum atomic E-state index is 12.7. The summed E-state index contributed by atoms with van der Waals surface area (Å²) in [5, 5.41) is 10.5. The lowest BCUT2D eigenvalue weighted by molar-refractivity contribution is -0.554. The summed E-state index contributed by atoms with van der Waals surface area (Å²) in [5.41, 5.74) is 12.2. The van der Waals surface area contributed by atoms with E-state index in [4.69, 9.17) is 11.5 Å². The lowest BCUT2D eigenvalue weighted by Gasteiger charge is -2.21. The standard InChI is InChI=1S/C19H38N4O2/c1-14(2)13-18(24)17(10-7-11-20)23(6)19(25)15(3)9-8-12-22(5)16(4)21/h15-18,24H,1,5-13,20-21H2,2-4H3/q+2. The summed E-state index contributed by atoms with van der Waals surface area (Å²) in [6.07, 6.45) is 2.59. The first-order chi connectivity index (χ1) is 11.6. The van der Waals surface area contributed by atoms with Crippen LogP contribution in [0.25, 0.3) is 0 Å². The molecule has 0 aromatic rings. The molecule has 0 radical (unpaired) electrons. The maximum Gasteiger partial charge on any atom is 0.389 e. The van der Waals surface area contributed by atoms with Crippen LogP contribution in [0, 0.1) is 5.92 Å². The van der Waals surface area contributed by atoms with Crippen molar-refractivity contribution in [1.82, 2.24) is 0 Å². The third-order valence-corrected chi connectivity index (χ3v) is 4.47. The van der Waals surface area contributed by atoms with Gasteiger partial charge in [0, 0.05) is 26.2 Å². The van der Waals surface area contributed by atoms with Gasteiger partial charge in [0.15, 0.2) is 6.04 Å². The van der Waals surface area contributed by atoms with Crippen LogP contribution in [0.1, 0.15) is 52.9 Å². The van der Waals surface area contributed by atoms with Crippen molar-refractivity contribution in [3.8, 4) is 0 Å². The van der Waals surface area contributed by atoms with Gasteiger partial charge < -0.3 is 10.8 Å². The second-order valence-corrected chi connectivity index (χ2v) is 7.13. The number of amides is 1. The van der Waals surface area contributed by atoms with Crippen LogP contribution in [-0.4, -0.2) is 65.0 Å². The summed E-state index contributed by atoms with van der Waals surface area (Å²) in [5.74, 6) is -0.226. The molecule has 5 N–H and O–H groups in total. The minimum absolute atomic E-state index is 0.0563. The summed E-state index contributed by atoms with van der Waals surface area (Å²) in [6.45, 7) is 18.5. The SMILES string of the molecule is C=C(C)CC(O)C(CCCN)[N+](=C)C(=O)C(C)CCC[N+](=C)C(C)N. The maximum absolute atomic E-state index is 12.7. The third kappa shape index (κ3) is 9.05. The zero-order chi connectivity index (χ0) is 19.6. The van der Waals surface area contributed by atoms with Crippen molar-refractivity contribution in [2.45, 2.75) is 71.2 Å². The summed E-state index contributed by atoms with van der Waals surface area (Å²) < 4.78 is 3.25. The van der Waals surface area contributed by atoms with Gasteiger partial charge in [0.1, 0.15) is 26.1 Å². The van der Waals surface area contributed by atoms with Crippen molar-refractivity contribution < 1.29 is 19.1 Å². The van der Waals surface area contributed by atoms with E-state index in [9.17, 15) is 9.90 Å². The first kappa shape index (κ1) is 23.6. The fourth-order valence-electron chi connectivity index (χ4n) is 2.75. The number of carbonyl (C=O) groups excluding carboxylic acids is 1. The van der Waals surface area contributed by atoms with E-state index >= 15 is 0 Å². The minimum atomic E-state index is -0.675. The van der Waals surface area contributed by atoms with E-state index in [0.717, 1.165) is 31.4 Å². The Hall–Kier alpha value is -1.37. The molecule has 0 bridgehead atoms. The number of nitrogens with two attached hydrogens (primary N) is 2. The molecule has 0 heterocycles. The molecule has 6 nitrogen and oxygen atoms in total. The minimum Gasteiger partial charge on any atom is -0.386 e. The lowest BCUT2D eigenvalue weighted by Crippen LogP contribution is -2.42. The van der Waals surface area contributed by atoms with Gasteiger partial charge in [0.25, 0.3) is 0 Å². The first-order valence-electron chi connectivity index (χ1n) is 9.10. The average Bonchev–Trinajstić information content (AvgIpc) is 2.53. The van der Waals surface area contributed by atoms with Crippen LogP contribution < -0.4 is 11.5 Å². The number of rotatable bonds is 13. The number of aliphatic hydroxyl groups is 1. The topological polar surface area (TPSA) is 95.4 Å². The Morgan fingerprint density at radius 3 is 2.28 bits per heavy atom. The highest BCUT2D eigenvalue weighted by molar-refractivity contribution is 5.71. The van der Waals surface area contributed by atoms with Crippen LogP contribution in [0.2, 0.25) is 0 Å². The van der Waals surface area contributed by atoms with E-state index in [2.05, 4.69) is 20.0 Å². The number of aliphatic hydroxyl groups excluding tert-OH is 1. The van der Waals surface area contributed by atoms with Gasteiger partial charge in [-0.25, -0.2) is 9.37 Å². The molecule has 0 saturated carbocycles. The van der Waals surface area contributed by atoms with E-state index in [1.54, 1.807) is 4.58 Å². The monoisotopic (exact) mass is 354 g/mol. The molecule has 4 atom stereocenters. The molecule has 0 rings (SSSR count). The van der Waals surface area contributed by atoms with Crippen LogP contribution in [0.4, 0.5) is 0 Å². The largest absolute Gasteiger partial charge is 0.389 e. The van der Waals surface area contributed by atoms with E-state index in [0.29, 0.717) is 19.4 Å². The van der Waals surface area contributed by atoms with Crippen LogP contribution >= 0.6 is 0 Å². The normalized spacial score (nSPS) is 15.9. The van der Waals surface area contributed by atoms with Crippen molar-refractivity contribution in [1.29, 1.82) is 0 Å². The number of hydrogen-bond donors (Lipinski definition) is 3. The predicted octanol–water partition coefficient (Wildman–Crippen LogP) is 1.09. The number of nitrogens with zero attached hydrogens (tertiary/aromatic N) is 2. The van der Waals surface area contributed by atoms with Gasteiger partial charge in [-0.2, -0.15) is 4.58 Å². The van der Waals surface area contributed by atoms with Crippen LogP contribution in [0.3, 0.4) is 0 Å². The second kappa shape index (κ2) is 12.1.